The average molecular weight is 366 g/mol. The molecule has 0 aliphatic carbocycles. The molecule has 0 aromatic carbocycles. The van der Waals surface area contributed by atoms with E-state index in [1.54, 1.807) is 37.5 Å². The van der Waals surface area contributed by atoms with Gasteiger partial charge in [0.1, 0.15) is 17.8 Å². The van der Waals surface area contributed by atoms with Crippen LogP contribution in [0.3, 0.4) is 0 Å². The van der Waals surface area contributed by atoms with Gasteiger partial charge in [-0.25, -0.2) is 0 Å². The first-order valence-electron chi connectivity index (χ1n) is 7.79. The van der Waals surface area contributed by atoms with E-state index in [0.717, 1.165) is 5.69 Å². The maximum Gasteiger partial charge on any atom is 0.312 e. The Morgan fingerprint density at radius 3 is 2.00 bits per heavy atom. The topological polar surface area (TPSA) is 141 Å². The summed E-state index contributed by atoms with van der Waals surface area (Å²) in [5.74, 6) is 0.449. The van der Waals surface area contributed by atoms with Crippen molar-refractivity contribution in [1.29, 1.82) is 0 Å². The molecule has 0 saturated heterocycles. The number of nitrogens with zero attached hydrogens (tertiary/aromatic N) is 6. The summed E-state index contributed by atoms with van der Waals surface area (Å²) in [6, 6.07) is 10.8. The van der Waals surface area contributed by atoms with Crippen LogP contribution >= 0.6 is 0 Å². The van der Waals surface area contributed by atoms with Gasteiger partial charge in [-0.3, -0.25) is 14.8 Å². The molecule has 0 fully saturated rings. The van der Waals surface area contributed by atoms with Crippen LogP contribution < -0.4 is 0 Å². The van der Waals surface area contributed by atoms with Gasteiger partial charge in [-0.05, 0) is 24.3 Å². The number of aryl methyl sites for hydroxylation is 1. The SMILES string of the molecule is Cc1nc(-c2ccccn2)no1.O=C(O)Cc1nc(-c2ccccn2)no1. The van der Waals surface area contributed by atoms with Crippen molar-refractivity contribution in [2.75, 3.05) is 0 Å². The second-order valence-corrected chi connectivity index (χ2v) is 5.15. The Morgan fingerprint density at radius 1 is 0.926 bits per heavy atom. The van der Waals surface area contributed by atoms with E-state index in [0.29, 0.717) is 23.2 Å². The number of rotatable bonds is 4. The van der Waals surface area contributed by atoms with Crippen LogP contribution in [0, 0.1) is 6.92 Å². The maximum atomic E-state index is 10.4. The first kappa shape index (κ1) is 17.9. The highest BCUT2D eigenvalue weighted by molar-refractivity contribution is 5.68. The summed E-state index contributed by atoms with van der Waals surface area (Å²) in [5, 5.41) is 15.9. The molecule has 0 radical (unpaired) electrons. The molecule has 27 heavy (non-hydrogen) atoms. The molecule has 0 aliphatic rings. The van der Waals surface area contributed by atoms with Gasteiger partial charge in [-0.1, -0.05) is 22.4 Å². The highest BCUT2D eigenvalue weighted by Gasteiger charge is 2.11. The minimum atomic E-state index is -1.01. The largest absolute Gasteiger partial charge is 0.481 e. The number of carbonyl (C=O) groups is 1. The molecule has 0 saturated carbocycles. The third-order valence-corrected chi connectivity index (χ3v) is 3.09. The third kappa shape index (κ3) is 5.01. The molecule has 4 heterocycles. The molecule has 1 N–H and O–H groups in total. The molecular formula is C17H14N6O4. The molecule has 0 aliphatic heterocycles. The van der Waals surface area contributed by atoms with Crippen LogP contribution in [0.4, 0.5) is 0 Å². The van der Waals surface area contributed by atoms with Crippen molar-refractivity contribution in [3.05, 3.63) is 60.6 Å². The molecule has 4 aromatic heterocycles. The zero-order chi connectivity index (χ0) is 19.1. The Hall–Kier alpha value is -3.95. The van der Waals surface area contributed by atoms with Crippen molar-refractivity contribution >= 4 is 5.97 Å². The summed E-state index contributed by atoms with van der Waals surface area (Å²) < 4.78 is 9.57. The minimum absolute atomic E-state index is 0.0724. The summed E-state index contributed by atoms with van der Waals surface area (Å²) >= 11 is 0. The fourth-order valence-corrected chi connectivity index (χ4v) is 1.95. The Kier molecular flexibility index (Phi) is 5.57. The Morgan fingerprint density at radius 2 is 1.52 bits per heavy atom. The number of aromatic nitrogens is 6. The first-order chi connectivity index (χ1) is 13.1. The van der Waals surface area contributed by atoms with E-state index in [-0.39, 0.29) is 12.3 Å². The molecule has 4 rings (SSSR count). The summed E-state index contributed by atoms with van der Waals surface area (Å²) in [5.41, 5.74) is 1.28. The van der Waals surface area contributed by atoms with Crippen LogP contribution in [-0.4, -0.2) is 41.3 Å². The predicted octanol–water partition coefficient (Wildman–Crippen LogP) is 2.20. The second kappa shape index (κ2) is 8.43. The fourth-order valence-electron chi connectivity index (χ4n) is 1.95. The number of aliphatic carboxylic acids is 1. The van der Waals surface area contributed by atoms with E-state index in [1.807, 2.05) is 18.2 Å². The van der Waals surface area contributed by atoms with Gasteiger partial charge in [0.25, 0.3) is 0 Å². The van der Waals surface area contributed by atoms with Gasteiger partial charge < -0.3 is 14.2 Å². The number of pyridine rings is 2. The number of carboxylic acid groups (broad SMARTS) is 1. The summed E-state index contributed by atoms with van der Waals surface area (Å²) in [4.78, 5) is 26.4. The van der Waals surface area contributed by atoms with E-state index in [9.17, 15) is 4.79 Å². The number of hydrogen-bond acceptors (Lipinski definition) is 9. The monoisotopic (exact) mass is 366 g/mol. The number of hydrogen-bond donors (Lipinski definition) is 1. The molecule has 136 valence electrons. The molecule has 0 amide bonds. The minimum Gasteiger partial charge on any atom is -0.481 e. The Labute approximate surface area is 152 Å². The van der Waals surface area contributed by atoms with Gasteiger partial charge >= 0.3 is 5.97 Å². The molecule has 0 unspecified atom stereocenters. The average Bonchev–Trinajstić information content (AvgIpc) is 3.32. The van der Waals surface area contributed by atoms with Crippen molar-refractivity contribution < 1.29 is 18.9 Å². The quantitative estimate of drug-likeness (QED) is 0.571. The van der Waals surface area contributed by atoms with E-state index in [4.69, 9.17) is 14.2 Å². The Bertz CT molecular complexity index is 1000. The van der Waals surface area contributed by atoms with Gasteiger partial charge in [0.15, 0.2) is 0 Å². The lowest BCUT2D eigenvalue weighted by Crippen LogP contribution is -1.99. The van der Waals surface area contributed by atoms with E-state index >= 15 is 0 Å². The van der Waals surface area contributed by atoms with Gasteiger partial charge in [0, 0.05) is 19.3 Å². The van der Waals surface area contributed by atoms with Crippen LogP contribution in [-0.2, 0) is 11.2 Å². The van der Waals surface area contributed by atoms with Crippen LogP contribution in [0.15, 0.2) is 57.8 Å². The molecule has 4 aromatic rings. The van der Waals surface area contributed by atoms with Crippen molar-refractivity contribution in [1.82, 2.24) is 30.2 Å². The normalized spacial score (nSPS) is 10.1. The van der Waals surface area contributed by atoms with Crippen LogP contribution in [0.1, 0.15) is 11.8 Å². The lowest BCUT2D eigenvalue weighted by Gasteiger charge is -1.89. The van der Waals surface area contributed by atoms with Gasteiger partial charge in [0.05, 0.1) is 0 Å². The number of carboxylic acids is 1. The van der Waals surface area contributed by atoms with Crippen LogP contribution in [0.5, 0.6) is 0 Å². The highest BCUT2D eigenvalue weighted by atomic mass is 16.5. The smallest absolute Gasteiger partial charge is 0.312 e. The molecule has 0 spiro atoms. The van der Waals surface area contributed by atoms with Crippen molar-refractivity contribution in [2.45, 2.75) is 13.3 Å². The highest BCUT2D eigenvalue weighted by Crippen LogP contribution is 2.12. The predicted molar refractivity (Wildman–Crippen MR) is 91.1 cm³/mol. The maximum absolute atomic E-state index is 10.4. The summed E-state index contributed by atoms with van der Waals surface area (Å²) in [6.07, 6.45) is 3.02. The summed E-state index contributed by atoms with van der Waals surface area (Å²) in [7, 11) is 0. The van der Waals surface area contributed by atoms with Crippen molar-refractivity contribution in [2.24, 2.45) is 0 Å². The molecule has 10 nitrogen and oxygen atoms in total. The molecule has 10 heteroatoms. The van der Waals surface area contributed by atoms with Gasteiger partial charge in [-0.15, -0.1) is 0 Å². The summed E-state index contributed by atoms with van der Waals surface area (Å²) in [6.45, 7) is 1.75. The first-order valence-corrected chi connectivity index (χ1v) is 7.79. The lowest BCUT2D eigenvalue weighted by atomic mass is 10.3. The second-order valence-electron chi connectivity index (χ2n) is 5.15. The Balaban J connectivity index is 0.000000159. The van der Waals surface area contributed by atoms with E-state index in [2.05, 4.69) is 30.2 Å². The lowest BCUT2D eigenvalue weighted by molar-refractivity contribution is -0.136. The zero-order valence-electron chi connectivity index (χ0n) is 14.2. The van der Waals surface area contributed by atoms with Crippen molar-refractivity contribution in [3.8, 4) is 23.0 Å². The van der Waals surface area contributed by atoms with E-state index < -0.39 is 5.97 Å². The van der Waals surface area contributed by atoms with Gasteiger partial charge in [-0.2, -0.15) is 9.97 Å². The van der Waals surface area contributed by atoms with Crippen molar-refractivity contribution in [3.63, 3.8) is 0 Å². The molecular weight excluding hydrogens is 352 g/mol. The standard InChI is InChI=1S/C9H7N3O3.C8H7N3O/c13-8(14)5-7-11-9(12-15-7)6-3-1-2-4-10-6;1-6-10-8(11-12-6)7-4-2-3-5-9-7/h1-4H,5H2,(H,13,14);2-5H,1H3. The molecule has 0 bridgehead atoms. The molecule has 0 atom stereocenters. The van der Waals surface area contributed by atoms with Gasteiger partial charge in [0.2, 0.25) is 23.4 Å². The zero-order valence-corrected chi connectivity index (χ0v) is 14.2. The van der Waals surface area contributed by atoms with Crippen LogP contribution in [0.2, 0.25) is 0 Å². The fraction of sp³-hybridized carbons (Fsp3) is 0.118. The third-order valence-electron chi connectivity index (χ3n) is 3.09. The van der Waals surface area contributed by atoms with Crippen LogP contribution in [0.25, 0.3) is 23.0 Å². The van der Waals surface area contributed by atoms with E-state index in [1.165, 1.54) is 0 Å².